The van der Waals surface area contributed by atoms with Crippen molar-refractivity contribution in [1.29, 1.82) is 0 Å². The van der Waals surface area contributed by atoms with Gasteiger partial charge in [-0.2, -0.15) is 0 Å². The van der Waals surface area contributed by atoms with Gasteiger partial charge in [0.15, 0.2) is 0 Å². The fourth-order valence-corrected chi connectivity index (χ4v) is 3.10. The molecule has 0 saturated heterocycles. The monoisotopic (exact) mass is 360 g/mol. The van der Waals surface area contributed by atoms with Gasteiger partial charge in [-0.05, 0) is 39.0 Å². The first-order chi connectivity index (χ1) is 7.77. The SMILES string of the molecule is Brc1ccccc1COCc1sccc1Br. The van der Waals surface area contributed by atoms with E-state index in [-0.39, 0.29) is 0 Å². The number of rotatable bonds is 4. The highest BCUT2D eigenvalue weighted by atomic mass is 79.9. The molecule has 1 aromatic carbocycles. The van der Waals surface area contributed by atoms with Gasteiger partial charge in [-0.3, -0.25) is 0 Å². The maximum absolute atomic E-state index is 5.68. The molecular formula is C12H10Br2OS. The summed E-state index contributed by atoms with van der Waals surface area (Å²) in [6, 6.07) is 10.2. The summed E-state index contributed by atoms with van der Waals surface area (Å²) >= 11 is 8.70. The van der Waals surface area contributed by atoms with Crippen molar-refractivity contribution in [3.8, 4) is 0 Å². The first kappa shape index (κ1) is 12.3. The molecule has 84 valence electrons. The zero-order valence-electron chi connectivity index (χ0n) is 8.45. The number of benzene rings is 1. The lowest BCUT2D eigenvalue weighted by atomic mass is 10.2. The molecule has 0 aliphatic rings. The van der Waals surface area contributed by atoms with Crippen LogP contribution in [0.2, 0.25) is 0 Å². The highest BCUT2D eigenvalue weighted by Crippen LogP contribution is 2.24. The van der Waals surface area contributed by atoms with Crippen LogP contribution < -0.4 is 0 Å². The summed E-state index contributed by atoms with van der Waals surface area (Å²) in [5, 5.41) is 2.06. The normalized spacial score (nSPS) is 10.6. The fourth-order valence-electron chi connectivity index (χ4n) is 1.30. The highest BCUT2D eigenvalue weighted by Gasteiger charge is 2.02. The number of hydrogen-bond donors (Lipinski definition) is 0. The molecule has 0 spiro atoms. The Hall–Kier alpha value is -0.160. The van der Waals surface area contributed by atoms with Crippen molar-refractivity contribution in [1.82, 2.24) is 0 Å². The third-order valence-electron chi connectivity index (χ3n) is 2.14. The molecule has 0 radical (unpaired) electrons. The zero-order valence-corrected chi connectivity index (χ0v) is 12.4. The van der Waals surface area contributed by atoms with E-state index in [9.17, 15) is 0 Å². The van der Waals surface area contributed by atoms with E-state index < -0.39 is 0 Å². The summed E-state index contributed by atoms with van der Waals surface area (Å²) in [5.41, 5.74) is 1.18. The average Bonchev–Trinajstić information content (AvgIpc) is 2.67. The maximum atomic E-state index is 5.68. The Balaban J connectivity index is 1.89. The van der Waals surface area contributed by atoms with Gasteiger partial charge in [-0.1, -0.05) is 34.1 Å². The molecule has 0 amide bonds. The van der Waals surface area contributed by atoms with Crippen LogP contribution in [-0.2, 0) is 18.0 Å². The first-order valence-corrected chi connectivity index (χ1v) is 7.27. The topological polar surface area (TPSA) is 9.23 Å². The van der Waals surface area contributed by atoms with Gasteiger partial charge in [-0.25, -0.2) is 0 Å². The van der Waals surface area contributed by atoms with Gasteiger partial charge in [0.05, 0.1) is 13.2 Å². The Morgan fingerprint density at radius 1 is 1.00 bits per heavy atom. The van der Waals surface area contributed by atoms with Gasteiger partial charge in [0.2, 0.25) is 0 Å². The summed E-state index contributed by atoms with van der Waals surface area (Å²) in [6.07, 6.45) is 0. The van der Waals surface area contributed by atoms with Crippen molar-refractivity contribution in [3.05, 3.63) is 55.1 Å². The maximum Gasteiger partial charge on any atom is 0.0825 e. The third kappa shape index (κ3) is 3.17. The van der Waals surface area contributed by atoms with Crippen molar-refractivity contribution < 1.29 is 4.74 Å². The molecule has 0 fully saturated rings. The van der Waals surface area contributed by atoms with E-state index >= 15 is 0 Å². The second-order valence-electron chi connectivity index (χ2n) is 3.28. The van der Waals surface area contributed by atoms with Crippen LogP contribution in [0.15, 0.2) is 44.7 Å². The summed E-state index contributed by atoms with van der Waals surface area (Å²) in [7, 11) is 0. The van der Waals surface area contributed by atoms with Gasteiger partial charge in [-0.15, -0.1) is 11.3 Å². The van der Waals surface area contributed by atoms with E-state index in [1.165, 1.54) is 10.4 Å². The molecule has 0 aliphatic heterocycles. The number of hydrogen-bond acceptors (Lipinski definition) is 2. The molecule has 1 heterocycles. The summed E-state index contributed by atoms with van der Waals surface area (Å²) < 4.78 is 7.90. The highest BCUT2D eigenvalue weighted by molar-refractivity contribution is 9.10. The largest absolute Gasteiger partial charge is 0.371 e. The Labute approximate surface area is 116 Å². The average molecular weight is 362 g/mol. The molecular weight excluding hydrogens is 352 g/mol. The molecule has 0 bridgehead atoms. The smallest absolute Gasteiger partial charge is 0.0825 e. The van der Waals surface area contributed by atoms with Crippen LogP contribution in [0.1, 0.15) is 10.4 Å². The van der Waals surface area contributed by atoms with Crippen LogP contribution in [0.5, 0.6) is 0 Å². The molecule has 0 N–H and O–H groups in total. The molecule has 0 unspecified atom stereocenters. The molecule has 2 aromatic rings. The van der Waals surface area contributed by atoms with Gasteiger partial charge in [0.25, 0.3) is 0 Å². The lowest BCUT2D eigenvalue weighted by Crippen LogP contribution is -1.93. The molecule has 0 atom stereocenters. The predicted molar refractivity (Wildman–Crippen MR) is 74.7 cm³/mol. The van der Waals surface area contributed by atoms with E-state index in [0.29, 0.717) is 13.2 Å². The van der Waals surface area contributed by atoms with Crippen LogP contribution in [0.3, 0.4) is 0 Å². The second kappa shape index (κ2) is 5.96. The molecule has 0 aliphatic carbocycles. The van der Waals surface area contributed by atoms with Crippen molar-refractivity contribution >= 4 is 43.2 Å². The summed E-state index contributed by atoms with van der Waals surface area (Å²) in [5.74, 6) is 0. The van der Waals surface area contributed by atoms with Crippen molar-refractivity contribution in [2.24, 2.45) is 0 Å². The first-order valence-electron chi connectivity index (χ1n) is 4.80. The predicted octanol–water partition coefficient (Wildman–Crippen LogP) is 4.99. The van der Waals surface area contributed by atoms with Crippen LogP contribution in [-0.4, -0.2) is 0 Å². The molecule has 2 rings (SSSR count). The quantitative estimate of drug-likeness (QED) is 0.745. The number of halogens is 2. The molecule has 16 heavy (non-hydrogen) atoms. The van der Waals surface area contributed by atoms with Crippen molar-refractivity contribution in [2.45, 2.75) is 13.2 Å². The van der Waals surface area contributed by atoms with Crippen molar-refractivity contribution in [2.75, 3.05) is 0 Å². The minimum Gasteiger partial charge on any atom is -0.371 e. The zero-order chi connectivity index (χ0) is 11.4. The summed E-state index contributed by atoms with van der Waals surface area (Å²) in [6.45, 7) is 1.28. The van der Waals surface area contributed by atoms with E-state index in [1.807, 2.05) is 24.3 Å². The second-order valence-corrected chi connectivity index (χ2v) is 5.99. The number of ether oxygens (including phenoxy) is 1. The molecule has 4 heteroatoms. The number of thiophene rings is 1. The van der Waals surface area contributed by atoms with Gasteiger partial charge >= 0.3 is 0 Å². The summed E-state index contributed by atoms with van der Waals surface area (Å²) in [4.78, 5) is 1.23. The van der Waals surface area contributed by atoms with Gasteiger partial charge in [0, 0.05) is 13.8 Å². The Kier molecular flexibility index (Phi) is 4.58. The van der Waals surface area contributed by atoms with E-state index in [0.717, 1.165) is 8.95 Å². The van der Waals surface area contributed by atoms with E-state index in [1.54, 1.807) is 11.3 Å². The molecule has 1 nitrogen and oxygen atoms in total. The van der Waals surface area contributed by atoms with E-state index in [4.69, 9.17) is 4.74 Å². The molecule has 1 aromatic heterocycles. The van der Waals surface area contributed by atoms with Crippen LogP contribution in [0, 0.1) is 0 Å². The third-order valence-corrected chi connectivity index (χ3v) is 4.81. The lowest BCUT2D eigenvalue weighted by Gasteiger charge is -2.05. The van der Waals surface area contributed by atoms with Gasteiger partial charge in [0.1, 0.15) is 0 Å². The minimum absolute atomic E-state index is 0.631. The van der Waals surface area contributed by atoms with Crippen LogP contribution >= 0.6 is 43.2 Å². The fraction of sp³-hybridized carbons (Fsp3) is 0.167. The van der Waals surface area contributed by atoms with E-state index in [2.05, 4.69) is 43.3 Å². The Morgan fingerprint density at radius 3 is 2.50 bits per heavy atom. The standard InChI is InChI=1S/C12H10Br2OS/c13-10-4-2-1-3-9(10)7-15-8-12-11(14)5-6-16-12/h1-6H,7-8H2. The lowest BCUT2D eigenvalue weighted by molar-refractivity contribution is 0.108. The van der Waals surface area contributed by atoms with Crippen LogP contribution in [0.25, 0.3) is 0 Å². The van der Waals surface area contributed by atoms with Crippen LogP contribution in [0.4, 0.5) is 0 Å². The molecule has 0 saturated carbocycles. The minimum atomic E-state index is 0.631. The Morgan fingerprint density at radius 2 is 1.81 bits per heavy atom. The Bertz CT molecular complexity index is 468. The van der Waals surface area contributed by atoms with Crippen molar-refractivity contribution in [3.63, 3.8) is 0 Å². The van der Waals surface area contributed by atoms with Gasteiger partial charge < -0.3 is 4.74 Å².